The van der Waals surface area contributed by atoms with E-state index in [-0.39, 0.29) is 28.7 Å². The third-order valence-corrected chi connectivity index (χ3v) is 6.74. The van der Waals surface area contributed by atoms with E-state index in [4.69, 9.17) is 0 Å². The van der Waals surface area contributed by atoms with Crippen molar-refractivity contribution in [1.29, 1.82) is 0 Å². The molecule has 3 fully saturated rings. The van der Waals surface area contributed by atoms with Crippen LogP contribution >= 0.6 is 0 Å². The van der Waals surface area contributed by atoms with Gasteiger partial charge in [-0.3, -0.25) is 4.79 Å². The Balaban J connectivity index is 1.60. The van der Waals surface area contributed by atoms with Gasteiger partial charge in [-0.1, -0.05) is 25.7 Å². The van der Waals surface area contributed by atoms with E-state index in [9.17, 15) is 10.0 Å². The summed E-state index contributed by atoms with van der Waals surface area (Å²) in [6.07, 6.45) is 13.7. The van der Waals surface area contributed by atoms with Gasteiger partial charge in [0.05, 0.1) is 12.6 Å². The lowest BCUT2D eigenvalue weighted by atomic mass is 9.84. The van der Waals surface area contributed by atoms with Gasteiger partial charge >= 0.3 is 0 Å². The van der Waals surface area contributed by atoms with Crippen LogP contribution in [0.15, 0.2) is 0 Å². The maximum absolute atomic E-state index is 13.5. The molecule has 1 saturated heterocycles. The van der Waals surface area contributed by atoms with Crippen molar-refractivity contribution in [3.8, 4) is 0 Å². The molecule has 132 valence electrons. The topological polar surface area (TPSA) is 52.2 Å². The molecule has 2 saturated carbocycles. The van der Waals surface area contributed by atoms with Crippen LogP contribution in [0.5, 0.6) is 0 Å². The first-order valence-electron chi connectivity index (χ1n) is 10.00. The molecule has 0 aromatic heterocycles. The Morgan fingerprint density at radius 2 is 1.57 bits per heavy atom. The number of nitrogens with one attached hydrogen (secondary N) is 1. The van der Waals surface area contributed by atoms with Crippen LogP contribution in [0.4, 0.5) is 0 Å². The van der Waals surface area contributed by atoms with Crippen molar-refractivity contribution in [3.63, 3.8) is 0 Å². The number of carbonyl (C=O) groups excluding carboxylic acids is 1. The summed E-state index contributed by atoms with van der Waals surface area (Å²) in [6, 6.07) is 0.0549. The third kappa shape index (κ3) is 3.74. The van der Waals surface area contributed by atoms with Crippen molar-refractivity contribution in [2.24, 2.45) is 5.92 Å². The Hall–Kier alpha value is -0.610. The van der Waals surface area contributed by atoms with Gasteiger partial charge in [-0.15, -0.1) is 0 Å². The smallest absolute Gasteiger partial charge is 0.278 e. The second-order valence-electron chi connectivity index (χ2n) is 8.22. The van der Waals surface area contributed by atoms with Crippen LogP contribution in [0, 0.1) is 11.1 Å². The summed E-state index contributed by atoms with van der Waals surface area (Å²) in [5.74, 6) is 0.651. The van der Waals surface area contributed by atoms with E-state index < -0.39 is 0 Å². The van der Waals surface area contributed by atoms with E-state index >= 15 is 0 Å². The summed E-state index contributed by atoms with van der Waals surface area (Å²) in [5.41, 5.74) is 0. The molecule has 1 N–H and O–H groups in total. The predicted molar refractivity (Wildman–Crippen MR) is 92.6 cm³/mol. The van der Waals surface area contributed by atoms with Gasteiger partial charge in [-0.2, -0.15) is 0 Å². The van der Waals surface area contributed by atoms with Gasteiger partial charge in [0.1, 0.15) is 0 Å². The SMILES string of the molecule is C[C@@H](NC(=O)[C@@H]1CCC[N@@+]1([O-])C1CCCCC1)C1CCCCC1. The number of rotatable bonds is 4. The minimum absolute atomic E-state index is 0.0427. The summed E-state index contributed by atoms with van der Waals surface area (Å²) in [7, 11) is 0. The maximum Gasteiger partial charge on any atom is 0.278 e. The van der Waals surface area contributed by atoms with E-state index in [1.165, 1.54) is 51.4 Å². The first kappa shape index (κ1) is 17.2. The third-order valence-electron chi connectivity index (χ3n) is 6.74. The summed E-state index contributed by atoms with van der Waals surface area (Å²) in [6.45, 7) is 2.80. The van der Waals surface area contributed by atoms with Gasteiger partial charge < -0.3 is 15.2 Å². The minimum Gasteiger partial charge on any atom is -0.632 e. The normalized spacial score (nSPS) is 35.1. The molecule has 23 heavy (non-hydrogen) atoms. The number of hydroxylamine groups is 3. The van der Waals surface area contributed by atoms with Crippen LogP contribution in [0.2, 0.25) is 0 Å². The average Bonchev–Trinajstić information content (AvgIpc) is 2.99. The highest BCUT2D eigenvalue weighted by atomic mass is 16.6. The van der Waals surface area contributed by atoms with Crippen molar-refractivity contribution in [2.45, 2.75) is 102 Å². The molecule has 1 amide bonds. The van der Waals surface area contributed by atoms with Gasteiger partial charge in [-0.25, -0.2) is 0 Å². The first-order chi connectivity index (χ1) is 11.1. The predicted octanol–water partition coefficient (Wildman–Crippen LogP) is 3.88. The quantitative estimate of drug-likeness (QED) is 0.631. The molecule has 3 atom stereocenters. The highest BCUT2D eigenvalue weighted by molar-refractivity contribution is 5.81. The highest BCUT2D eigenvalue weighted by Gasteiger charge is 2.45. The zero-order valence-electron chi connectivity index (χ0n) is 14.8. The molecule has 0 radical (unpaired) electrons. The largest absolute Gasteiger partial charge is 0.632 e. The first-order valence-corrected chi connectivity index (χ1v) is 10.00. The van der Waals surface area contributed by atoms with E-state index in [1.807, 2.05) is 0 Å². The lowest BCUT2D eigenvalue weighted by Gasteiger charge is -2.51. The zero-order valence-corrected chi connectivity index (χ0v) is 14.8. The van der Waals surface area contributed by atoms with Gasteiger partial charge in [0.2, 0.25) is 0 Å². The van der Waals surface area contributed by atoms with Gasteiger partial charge in [-0.05, 0) is 51.4 Å². The number of carbonyl (C=O) groups is 1. The van der Waals surface area contributed by atoms with Crippen LogP contribution in [-0.4, -0.2) is 35.2 Å². The van der Waals surface area contributed by atoms with Crippen LogP contribution < -0.4 is 5.32 Å². The summed E-state index contributed by atoms with van der Waals surface area (Å²) < 4.78 is -0.219. The standard InChI is InChI=1S/C19H34N2O2/c1-15(16-9-4-2-5-10-16)20-19(22)18-13-8-14-21(18,23)17-11-6-3-7-12-17/h15-18H,2-14H2,1H3,(H,20,22)/t15-,18+,21-/m1/s1. The fourth-order valence-corrected chi connectivity index (χ4v) is 5.26. The molecule has 0 spiro atoms. The molecule has 1 heterocycles. The lowest BCUT2D eigenvalue weighted by Crippen LogP contribution is -2.60. The van der Waals surface area contributed by atoms with Crippen LogP contribution in [-0.2, 0) is 4.79 Å². The number of hydrogen-bond donors (Lipinski definition) is 1. The minimum atomic E-state index is -0.343. The molecule has 1 aliphatic heterocycles. The molecule has 3 aliphatic rings. The Bertz CT molecular complexity index is 402. The molecule has 0 bridgehead atoms. The van der Waals surface area contributed by atoms with Crippen LogP contribution in [0.1, 0.15) is 84.0 Å². The molecule has 0 unspecified atom stereocenters. The number of nitrogens with zero attached hydrogens (tertiary/aromatic N) is 1. The molecule has 3 rings (SSSR count). The fraction of sp³-hybridized carbons (Fsp3) is 0.947. The molecule has 0 aromatic carbocycles. The van der Waals surface area contributed by atoms with Gasteiger partial charge in [0.15, 0.2) is 6.04 Å². The molecule has 4 heteroatoms. The van der Waals surface area contributed by atoms with Crippen LogP contribution in [0.25, 0.3) is 0 Å². The summed E-state index contributed by atoms with van der Waals surface area (Å²) in [5, 5.41) is 16.7. The number of likely N-dealkylation sites (tertiary alicyclic amines) is 1. The van der Waals surface area contributed by atoms with Crippen molar-refractivity contribution < 1.29 is 9.44 Å². The van der Waals surface area contributed by atoms with Gasteiger partial charge in [0, 0.05) is 18.9 Å². The second-order valence-corrected chi connectivity index (χ2v) is 8.22. The van der Waals surface area contributed by atoms with Crippen molar-refractivity contribution in [2.75, 3.05) is 6.54 Å². The maximum atomic E-state index is 13.5. The highest BCUT2D eigenvalue weighted by Crippen LogP contribution is 2.36. The van der Waals surface area contributed by atoms with E-state index in [0.29, 0.717) is 12.5 Å². The Kier molecular flexibility index (Phi) is 5.63. The Morgan fingerprint density at radius 3 is 2.22 bits per heavy atom. The second kappa shape index (κ2) is 7.52. The lowest BCUT2D eigenvalue weighted by molar-refractivity contribution is -0.909. The van der Waals surface area contributed by atoms with E-state index in [2.05, 4.69) is 12.2 Å². The van der Waals surface area contributed by atoms with Crippen LogP contribution in [0.3, 0.4) is 0 Å². The number of quaternary nitrogens is 1. The van der Waals surface area contributed by atoms with Crippen molar-refractivity contribution in [3.05, 3.63) is 5.21 Å². The summed E-state index contributed by atoms with van der Waals surface area (Å²) >= 11 is 0. The molecular formula is C19H34N2O2. The monoisotopic (exact) mass is 322 g/mol. The molecule has 0 aromatic rings. The molecular weight excluding hydrogens is 288 g/mol. The Morgan fingerprint density at radius 1 is 0.957 bits per heavy atom. The van der Waals surface area contributed by atoms with Gasteiger partial charge in [0.25, 0.3) is 5.91 Å². The molecule has 4 nitrogen and oxygen atoms in total. The number of hydrogen-bond acceptors (Lipinski definition) is 2. The van der Waals surface area contributed by atoms with Crippen molar-refractivity contribution in [1.82, 2.24) is 5.32 Å². The number of amides is 1. The average molecular weight is 322 g/mol. The zero-order chi connectivity index (χ0) is 16.3. The summed E-state index contributed by atoms with van der Waals surface area (Å²) in [4.78, 5) is 12.8. The van der Waals surface area contributed by atoms with E-state index in [0.717, 1.165) is 25.7 Å². The fourth-order valence-electron chi connectivity index (χ4n) is 5.26. The Labute approximate surface area is 141 Å². The van der Waals surface area contributed by atoms with E-state index in [1.54, 1.807) is 0 Å². The molecule has 2 aliphatic carbocycles. The van der Waals surface area contributed by atoms with Crippen molar-refractivity contribution >= 4 is 5.91 Å².